The van der Waals surface area contributed by atoms with Crippen molar-refractivity contribution in [1.29, 1.82) is 0 Å². The van der Waals surface area contributed by atoms with Crippen LogP contribution in [0.5, 0.6) is 11.5 Å². The summed E-state index contributed by atoms with van der Waals surface area (Å²) in [5.74, 6) is -0.273. The van der Waals surface area contributed by atoms with Gasteiger partial charge < -0.3 is 0 Å². The molecule has 3 rings (SSSR count). The van der Waals surface area contributed by atoms with Crippen LogP contribution in [0.4, 0.5) is 5.69 Å². The maximum atomic E-state index is 12.9. The zero-order valence-electron chi connectivity index (χ0n) is 13.0. The van der Waals surface area contributed by atoms with Gasteiger partial charge in [-0.2, -0.15) is 0 Å². The molecule has 0 spiro atoms. The molecular weight excluding hydrogens is 371 g/mol. The summed E-state index contributed by atoms with van der Waals surface area (Å²) in [7, 11) is 0. The van der Waals surface area contributed by atoms with Gasteiger partial charge >= 0.3 is 147 Å². The van der Waals surface area contributed by atoms with Crippen LogP contribution >= 0.6 is 0 Å². The summed E-state index contributed by atoms with van der Waals surface area (Å²) in [5, 5.41) is 19.3. The van der Waals surface area contributed by atoms with Gasteiger partial charge in [-0.3, -0.25) is 0 Å². The number of likely N-dealkylation sites (N-methyl/N-ethyl adjacent to an activating group) is 1. The third-order valence-corrected chi connectivity index (χ3v) is 4.54. The van der Waals surface area contributed by atoms with Gasteiger partial charge in [0.05, 0.1) is 0 Å². The van der Waals surface area contributed by atoms with Gasteiger partial charge in [-0.05, 0) is 0 Å². The second-order valence-electron chi connectivity index (χ2n) is 5.32. The minimum atomic E-state index is -0.167. The zero-order chi connectivity index (χ0) is 17.3. The van der Waals surface area contributed by atoms with Crippen LogP contribution in [0.2, 0.25) is 0 Å². The number of phenols is 2. The average Bonchev–Trinajstić information content (AvgIpc) is 2.77. The Morgan fingerprint density at radius 1 is 1.08 bits per heavy atom. The summed E-state index contributed by atoms with van der Waals surface area (Å²) in [5.41, 5.74) is 1.80. The molecule has 1 heterocycles. The van der Waals surface area contributed by atoms with Crippen LogP contribution in [0.1, 0.15) is 12.5 Å². The van der Waals surface area contributed by atoms with E-state index in [1.807, 2.05) is 42.2 Å². The molecule has 5 nitrogen and oxygen atoms in total. The van der Waals surface area contributed by atoms with Gasteiger partial charge in [-0.25, -0.2) is 0 Å². The molecule has 1 aliphatic heterocycles. The molecule has 24 heavy (non-hydrogen) atoms. The fourth-order valence-corrected chi connectivity index (χ4v) is 3.52. The zero-order valence-corrected chi connectivity index (χ0v) is 14.7. The number of para-hydroxylation sites is 1. The Kier molecular flexibility index (Phi) is 4.42. The normalized spacial score (nSPS) is 16.3. The first-order valence-electron chi connectivity index (χ1n) is 7.47. The Labute approximate surface area is 147 Å². The molecule has 1 aliphatic rings. The molecule has 1 saturated heterocycles. The van der Waals surface area contributed by atoms with E-state index in [1.165, 1.54) is 18.2 Å². The Bertz CT molecular complexity index is 813. The first-order chi connectivity index (χ1) is 11.5. The van der Waals surface area contributed by atoms with E-state index in [2.05, 4.69) is 15.6 Å². The monoisotopic (exact) mass is 388 g/mol. The second kappa shape index (κ2) is 6.51. The van der Waals surface area contributed by atoms with Crippen molar-refractivity contribution < 1.29 is 15.0 Å². The standard InChI is InChI=1S/C18H16N2O3Se/c1-2-19-16(10-12-8-14(21)11-15(22)9-12)17(23)20(18(19)24)13-6-4-3-5-7-13/h3-11,21-22H,2H2,1H3. The minimum absolute atomic E-state index is 0.0532. The van der Waals surface area contributed by atoms with E-state index in [1.54, 1.807) is 11.0 Å². The molecule has 2 N–H and O–H groups in total. The number of carbonyl (C=O) groups excluding carboxylic acids is 1. The quantitative estimate of drug-likeness (QED) is 0.625. The van der Waals surface area contributed by atoms with Crippen LogP contribution in [0.3, 0.4) is 0 Å². The van der Waals surface area contributed by atoms with Crippen LogP contribution in [0, 0.1) is 0 Å². The molecule has 0 unspecified atom stereocenters. The van der Waals surface area contributed by atoms with Crippen LogP contribution in [-0.4, -0.2) is 47.8 Å². The summed E-state index contributed by atoms with van der Waals surface area (Å²) < 4.78 is 0.698. The fourth-order valence-electron chi connectivity index (χ4n) is 2.65. The van der Waals surface area contributed by atoms with E-state index >= 15 is 0 Å². The van der Waals surface area contributed by atoms with Gasteiger partial charge in [0.25, 0.3) is 0 Å². The van der Waals surface area contributed by atoms with E-state index in [0.717, 1.165) is 5.69 Å². The number of benzene rings is 2. The predicted octanol–water partition coefficient (Wildman–Crippen LogP) is 2.06. The molecule has 0 saturated carbocycles. The molecule has 0 bridgehead atoms. The van der Waals surface area contributed by atoms with Crippen LogP contribution in [0.25, 0.3) is 6.08 Å². The van der Waals surface area contributed by atoms with Crippen molar-refractivity contribution in [3.05, 3.63) is 59.8 Å². The van der Waals surface area contributed by atoms with Crippen molar-refractivity contribution in [3.8, 4) is 11.5 Å². The number of anilines is 1. The van der Waals surface area contributed by atoms with E-state index < -0.39 is 0 Å². The van der Waals surface area contributed by atoms with Crippen molar-refractivity contribution in [2.24, 2.45) is 0 Å². The van der Waals surface area contributed by atoms with Gasteiger partial charge in [0, 0.05) is 0 Å². The van der Waals surface area contributed by atoms with Gasteiger partial charge in [0.1, 0.15) is 0 Å². The topological polar surface area (TPSA) is 64.0 Å². The number of aromatic hydroxyl groups is 2. The Balaban J connectivity index is 2.05. The van der Waals surface area contributed by atoms with Crippen molar-refractivity contribution >= 4 is 37.9 Å². The van der Waals surface area contributed by atoms with Crippen LogP contribution in [-0.2, 0) is 4.79 Å². The van der Waals surface area contributed by atoms with Crippen molar-refractivity contribution in [3.63, 3.8) is 0 Å². The number of rotatable bonds is 3. The molecule has 0 atom stereocenters. The van der Waals surface area contributed by atoms with Gasteiger partial charge in [-0.1, -0.05) is 0 Å². The first-order valence-corrected chi connectivity index (χ1v) is 8.32. The van der Waals surface area contributed by atoms with E-state index in [9.17, 15) is 15.0 Å². The number of nitrogens with zero attached hydrogens (tertiary/aromatic N) is 2. The molecule has 1 fully saturated rings. The molecule has 122 valence electrons. The second-order valence-corrected chi connectivity index (χ2v) is 6.08. The van der Waals surface area contributed by atoms with Crippen LogP contribution < -0.4 is 4.90 Å². The van der Waals surface area contributed by atoms with Crippen LogP contribution in [0.15, 0.2) is 54.2 Å². The Morgan fingerprint density at radius 3 is 2.29 bits per heavy atom. The molecule has 0 aliphatic carbocycles. The molecule has 6 heteroatoms. The van der Waals surface area contributed by atoms with Crippen molar-refractivity contribution in [2.45, 2.75) is 6.92 Å². The number of hydrogen-bond donors (Lipinski definition) is 2. The summed E-state index contributed by atoms with van der Waals surface area (Å²) in [6, 6.07) is 13.6. The van der Waals surface area contributed by atoms with E-state index in [4.69, 9.17) is 0 Å². The third-order valence-electron chi connectivity index (χ3n) is 3.69. The SMILES string of the molecule is CCN1C(=[Se])N(c2ccccc2)C(=O)C1=Cc1cc(O)cc(O)c1. The van der Waals surface area contributed by atoms with Gasteiger partial charge in [0.15, 0.2) is 0 Å². The summed E-state index contributed by atoms with van der Waals surface area (Å²) in [6.45, 7) is 2.56. The summed E-state index contributed by atoms with van der Waals surface area (Å²) in [4.78, 5) is 16.4. The molecular formula is C18H16N2O3Se. The molecule has 2 aromatic carbocycles. The fraction of sp³-hybridized carbons (Fsp3) is 0.111. The third kappa shape index (κ3) is 2.94. The Hall–Kier alpha value is -2.56. The number of carbonyl (C=O) groups is 1. The predicted molar refractivity (Wildman–Crippen MR) is 94.8 cm³/mol. The number of amides is 1. The average molecular weight is 387 g/mol. The molecule has 1 amide bonds. The summed E-state index contributed by atoms with van der Waals surface area (Å²) >= 11 is 2.97. The molecule has 0 aromatic heterocycles. The number of phenolic OH excluding ortho intramolecular Hbond substituents is 2. The van der Waals surface area contributed by atoms with Crippen molar-refractivity contribution in [1.82, 2.24) is 4.90 Å². The molecule has 0 radical (unpaired) electrons. The Morgan fingerprint density at radius 2 is 1.71 bits per heavy atom. The van der Waals surface area contributed by atoms with Gasteiger partial charge in [0.2, 0.25) is 0 Å². The van der Waals surface area contributed by atoms with E-state index in [0.29, 0.717) is 22.5 Å². The molecule has 2 aromatic rings. The van der Waals surface area contributed by atoms with Crippen molar-refractivity contribution in [2.75, 3.05) is 11.4 Å². The van der Waals surface area contributed by atoms with Gasteiger partial charge in [-0.15, -0.1) is 0 Å². The number of hydrogen-bond acceptors (Lipinski definition) is 4. The van der Waals surface area contributed by atoms with E-state index in [-0.39, 0.29) is 17.4 Å². The summed E-state index contributed by atoms with van der Waals surface area (Å²) in [6.07, 6.45) is 1.66. The maximum absolute atomic E-state index is 12.9. The first kappa shape index (κ1) is 16.3.